The quantitative estimate of drug-likeness (QED) is 0.182. The van der Waals surface area contributed by atoms with E-state index in [1.165, 1.54) is 19.2 Å². The van der Waals surface area contributed by atoms with Gasteiger partial charge in [0.1, 0.15) is 22.8 Å². The van der Waals surface area contributed by atoms with Gasteiger partial charge in [0.2, 0.25) is 5.95 Å². The Balaban J connectivity index is 1.33. The number of carbonyl (C=O) groups excluding carboxylic acids is 1. The lowest BCUT2D eigenvalue weighted by atomic mass is 10.1. The van der Waals surface area contributed by atoms with E-state index in [0.717, 1.165) is 12.8 Å². The van der Waals surface area contributed by atoms with Crippen LogP contribution in [0.1, 0.15) is 28.8 Å². The maximum atomic E-state index is 13.7. The highest BCUT2D eigenvalue weighted by molar-refractivity contribution is 6.00. The molecule has 218 valence electrons. The summed E-state index contributed by atoms with van der Waals surface area (Å²) in [4.78, 5) is 44.4. The maximum absolute atomic E-state index is 13.7. The van der Waals surface area contributed by atoms with Gasteiger partial charge in [0.05, 0.1) is 11.3 Å². The van der Waals surface area contributed by atoms with Gasteiger partial charge in [-0.15, -0.1) is 0 Å². The number of ether oxygens (including phenoxy) is 1. The van der Waals surface area contributed by atoms with E-state index in [4.69, 9.17) is 4.74 Å². The zero-order valence-electron chi connectivity index (χ0n) is 22.3. The van der Waals surface area contributed by atoms with E-state index in [9.17, 15) is 27.6 Å². The Morgan fingerprint density at radius 3 is 2.21 bits per heavy atom. The summed E-state index contributed by atoms with van der Waals surface area (Å²) in [6.45, 7) is 1.15. The fraction of sp³-hybridized carbons (Fsp3) is 0.250. The Kier molecular flexibility index (Phi) is 8.06. The number of hydrogen-bond acceptors (Lipinski definition) is 10. The Morgan fingerprint density at radius 2 is 1.55 bits per heavy atom. The van der Waals surface area contributed by atoms with Crippen molar-refractivity contribution in [2.75, 3.05) is 41.5 Å². The van der Waals surface area contributed by atoms with E-state index in [0.29, 0.717) is 30.8 Å². The number of amides is 1. The second kappa shape index (κ2) is 11.9. The van der Waals surface area contributed by atoms with Gasteiger partial charge in [-0.2, -0.15) is 18.2 Å². The van der Waals surface area contributed by atoms with Crippen molar-refractivity contribution in [1.29, 1.82) is 0 Å². The van der Waals surface area contributed by atoms with Gasteiger partial charge in [-0.25, -0.2) is 4.98 Å². The van der Waals surface area contributed by atoms with Gasteiger partial charge in [0.15, 0.2) is 0 Å². The summed E-state index contributed by atoms with van der Waals surface area (Å²) >= 11 is 0. The number of halogens is 3. The minimum atomic E-state index is -4.76. The Morgan fingerprint density at radius 1 is 0.905 bits per heavy atom. The third-order valence-corrected chi connectivity index (χ3v) is 6.64. The van der Waals surface area contributed by atoms with Crippen molar-refractivity contribution in [2.45, 2.75) is 25.1 Å². The van der Waals surface area contributed by atoms with Gasteiger partial charge in [-0.05, 0) is 49.2 Å². The molecule has 14 heteroatoms. The van der Waals surface area contributed by atoms with Crippen LogP contribution in [0.25, 0.3) is 0 Å². The first-order valence-corrected chi connectivity index (χ1v) is 13.0. The summed E-state index contributed by atoms with van der Waals surface area (Å²) < 4.78 is 46.6. The molecule has 0 unspecified atom stereocenters. The Labute approximate surface area is 237 Å². The monoisotopic (exact) mass is 581 g/mol. The molecule has 11 nitrogen and oxygen atoms in total. The molecule has 0 radical (unpaired) electrons. The molecule has 0 bridgehead atoms. The third kappa shape index (κ3) is 6.17. The van der Waals surface area contributed by atoms with Crippen molar-refractivity contribution < 1.29 is 22.7 Å². The number of carbonyl (C=O) groups is 1. The molecule has 1 saturated heterocycles. The first-order valence-electron chi connectivity index (χ1n) is 13.0. The molecule has 5 rings (SSSR count). The number of hydrogen-bond donors (Lipinski definition) is 5. The van der Waals surface area contributed by atoms with Crippen molar-refractivity contribution >= 4 is 46.1 Å². The standard InChI is InChI=1S/C28H26F3N7O4/c1-32-26(41)18-4-2-3-5-20(18)37-25-19(28(29,30)31)14-33-27(38-25)36-16-8-6-15(7-9-16)34-21-22(24(40)23(21)39)35-17-10-12-42-13-11-17/h2-9,14,17,34-35H,10-13H2,1H3,(H,32,41)(H2,33,36,37,38). The minimum Gasteiger partial charge on any atom is -0.381 e. The average Bonchev–Trinajstić information content (AvgIpc) is 2.99. The van der Waals surface area contributed by atoms with Crippen molar-refractivity contribution in [3.63, 3.8) is 0 Å². The summed E-state index contributed by atoms with van der Waals surface area (Å²) in [5.41, 5.74) is -0.670. The molecular formula is C28H26F3N7O4. The lowest BCUT2D eigenvalue weighted by molar-refractivity contribution is -0.137. The van der Waals surface area contributed by atoms with Crippen LogP contribution in [0.15, 0.2) is 64.3 Å². The normalized spacial score (nSPS) is 13.9. The number of aromatic nitrogens is 2. The first-order chi connectivity index (χ1) is 20.1. The summed E-state index contributed by atoms with van der Waals surface area (Å²) in [6.07, 6.45) is -2.66. The molecule has 3 aromatic carbocycles. The molecule has 0 atom stereocenters. The van der Waals surface area contributed by atoms with Crippen LogP contribution >= 0.6 is 0 Å². The molecule has 0 saturated carbocycles. The summed E-state index contributed by atoms with van der Waals surface area (Å²) in [5, 5.41) is 14.0. The number of nitrogens with zero attached hydrogens (tertiary/aromatic N) is 2. The van der Waals surface area contributed by atoms with Crippen molar-refractivity contribution in [3.8, 4) is 0 Å². The van der Waals surface area contributed by atoms with E-state index in [2.05, 4.69) is 36.6 Å². The molecule has 1 aliphatic rings. The molecule has 1 amide bonds. The predicted molar refractivity (Wildman–Crippen MR) is 152 cm³/mol. The molecule has 0 aliphatic carbocycles. The number of para-hydroxylation sites is 1. The largest absolute Gasteiger partial charge is 0.421 e. The molecule has 1 fully saturated rings. The molecule has 42 heavy (non-hydrogen) atoms. The molecule has 0 spiro atoms. The number of alkyl halides is 3. The number of anilines is 7. The van der Waals surface area contributed by atoms with E-state index < -0.39 is 34.3 Å². The van der Waals surface area contributed by atoms with Gasteiger partial charge in [0.25, 0.3) is 16.8 Å². The van der Waals surface area contributed by atoms with Crippen LogP contribution in [-0.4, -0.2) is 42.2 Å². The lowest BCUT2D eigenvalue weighted by Crippen LogP contribution is -2.40. The zero-order chi connectivity index (χ0) is 29.9. The molecule has 1 aliphatic heterocycles. The average molecular weight is 582 g/mol. The third-order valence-electron chi connectivity index (χ3n) is 6.64. The van der Waals surface area contributed by atoms with E-state index >= 15 is 0 Å². The van der Waals surface area contributed by atoms with Crippen molar-refractivity contribution in [2.24, 2.45) is 0 Å². The molecule has 5 N–H and O–H groups in total. The molecular weight excluding hydrogens is 555 g/mol. The van der Waals surface area contributed by atoms with E-state index in [-0.39, 0.29) is 34.6 Å². The van der Waals surface area contributed by atoms with Crippen LogP contribution in [0, 0.1) is 0 Å². The summed E-state index contributed by atoms with van der Waals surface area (Å²) in [7, 11) is 1.41. The van der Waals surface area contributed by atoms with Gasteiger partial charge >= 0.3 is 6.18 Å². The number of benzene rings is 2. The highest BCUT2D eigenvalue weighted by atomic mass is 19.4. The first kappa shape index (κ1) is 28.5. The van der Waals surface area contributed by atoms with E-state index in [1.54, 1.807) is 36.4 Å². The second-order valence-electron chi connectivity index (χ2n) is 9.47. The Bertz CT molecular complexity index is 1660. The van der Waals surface area contributed by atoms with Crippen LogP contribution in [0.4, 0.5) is 53.4 Å². The molecule has 1 aromatic heterocycles. The van der Waals surface area contributed by atoms with Crippen LogP contribution in [0.3, 0.4) is 0 Å². The van der Waals surface area contributed by atoms with Crippen molar-refractivity contribution in [1.82, 2.24) is 15.3 Å². The van der Waals surface area contributed by atoms with Gasteiger partial charge in [-0.1, -0.05) is 12.1 Å². The number of rotatable bonds is 9. The zero-order valence-corrected chi connectivity index (χ0v) is 22.3. The van der Waals surface area contributed by atoms with Crippen LogP contribution in [0.5, 0.6) is 0 Å². The minimum absolute atomic E-state index is 0.0366. The Hall–Kier alpha value is -4.98. The fourth-order valence-electron chi connectivity index (χ4n) is 4.40. The van der Waals surface area contributed by atoms with Gasteiger partial charge in [-0.3, -0.25) is 14.4 Å². The van der Waals surface area contributed by atoms with Crippen molar-refractivity contribution in [3.05, 3.63) is 86.3 Å². The van der Waals surface area contributed by atoms with E-state index in [1.807, 2.05) is 0 Å². The summed E-state index contributed by atoms with van der Waals surface area (Å²) in [5.74, 6) is -1.16. The number of nitrogens with one attached hydrogen (secondary N) is 5. The lowest BCUT2D eigenvalue weighted by Gasteiger charge is -2.25. The van der Waals surface area contributed by atoms with Gasteiger partial charge in [0, 0.05) is 43.9 Å². The molecule has 2 heterocycles. The van der Waals surface area contributed by atoms with Crippen LogP contribution < -0.4 is 37.4 Å². The maximum Gasteiger partial charge on any atom is 0.421 e. The summed E-state index contributed by atoms with van der Waals surface area (Å²) in [6, 6.07) is 12.6. The highest BCUT2D eigenvalue weighted by Crippen LogP contribution is 2.36. The highest BCUT2D eigenvalue weighted by Gasteiger charge is 2.35. The predicted octanol–water partition coefficient (Wildman–Crippen LogP) is 4.27. The second-order valence-corrected chi connectivity index (χ2v) is 9.47. The fourth-order valence-corrected chi connectivity index (χ4v) is 4.40. The SMILES string of the molecule is CNC(=O)c1ccccc1Nc1nc(Nc2ccc(Nc3c(NC4CCOCC4)c(=O)c3=O)cc2)ncc1C(F)(F)F. The molecule has 4 aromatic rings. The smallest absolute Gasteiger partial charge is 0.381 e. The van der Waals surface area contributed by atoms with Crippen LogP contribution in [0.2, 0.25) is 0 Å². The van der Waals surface area contributed by atoms with Gasteiger partial charge < -0.3 is 31.3 Å². The van der Waals surface area contributed by atoms with Crippen LogP contribution in [-0.2, 0) is 10.9 Å². The topological polar surface area (TPSA) is 146 Å².